The molecule has 0 saturated carbocycles. The van der Waals surface area contributed by atoms with Gasteiger partial charge in [-0.1, -0.05) is 0 Å². The first kappa shape index (κ1) is 9.92. The van der Waals surface area contributed by atoms with E-state index in [-0.39, 0.29) is 16.5 Å². The molecule has 0 aliphatic heterocycles. The molecule has 0 aromatic heterocycles. The highest BCUT2D eigenvalue weighted by molar-refractivity contribution is 7.87. The van der Waals surface area contributed by atoms with Gasteiger partial charge >= 0.3 is 15.6 Å². The highest BCUT2D eigenvalue weighted by Gasteiger charge is 2.46. The van der Waals surface area contributed by atoms with Gasteiger partial charge in [-0.25, -0.2) is 0 Å². The Morgan fingerprint density at radius 3 is 1.90 bits per heavy atom. The first-order valence-electron chi connectivity index (χ1n) is 2.27. The Morgan fingerprint density at radius 2 is 1.80 bits per heavy atom. The van der Waals surface area contributed by atoms with Crippen molar-refractivity contribution in [2.75, 3.05) is 6.23 Å². The van der Waals surface area contributed by atoms with Crippen LogP contribution in [0.25, 0.3) is 0 Å². The molecular formula is C2H5F3O3SSi. The van der Waals surface area contributed by atoms with Crippen LogP contribution in [-0.4, -0.2) is 30.4 Å². The van der Waals surface area contributed by atoms with Gasteiger partial charge in [-0.3, -0.25) is 4.18 Å². The van der Waals surface area contributed by atoms with Gasteiger partial charge in [0.25, 0.3) is 0 Å². The summed E-state index contributed by atoms with van der Waals surface area (Å²) in [6.07, 6.45) is -0.373. The van der Waals surface area contributed by atoms with Crippen molar-refractivity contribution >= 4 is 20.4 Å². The predicted molar refractivity (Wildman–Crippen MR) is 30.9 cm³/mol. The highest BCUT2D eigenvalue weighted by atomic mass is 32.2. The van der Waals surface area contributed by atoms with Gasteiger partial charge in [0.05, 0.1) is 0 Å². The molecular weight excluding hydrogens is 189 g/mol. The lowest BCUT2D eigenvalue weighted by Crippen LogP contribution is -2.25. The summed E-state index contributed by atoms with van der Waals surface area (Å²) in [6.45, 7) is 0. The van der Waals surface area contributed by atoms with E-state index in [9.17, 15) is 21.6 Å². The van der Waals surface area contributed by atoms with E-state index < -0.39 is 15.6 Å². The maximum atomic E-state index is 11.3. The summed E-state index contributed by atoms with van der Waals surface area (Å²) < 4.78 is 57.3. The lowest BCUT2D eigenvalue weighted by atomic mass is 11.6. The van der Waals surface area contributed by atoms with Crippen LogP contribution in [-0.2, 0) is 14.3 Å². The van der Waals surface area contributed by atoms with E-state index in [1.54, 1.807) is 0 Å². The van der Waals surface area contributed by atoms with Gasteiger partial charge in [0.1, 0.15) is 0 Å². The number of hydrogen-bond acceptors (Lipinski definition) is 3. The number of rotatable bonds is 2. The summed E-state index contributed by atoms with van der Waals surface area (Å²) in [5, 5.41) is 0. The molecule has 0 amide bonds. The summed E-state index contributed by atoms with van der Waals surface area (Å²) in [5.41, 5.74) is -5.28. The first-order valence-corrected chi connectivity index (χ1v) is 5.09. The van der Waals surface area contributed by atoms with Crippen LogP contribution in [0, 0.1) is 0 Å². The Bertz CT molecular complexity index is 194. The van der Waals surface area contributed by atoms with Gasteiger partial charge in [-0.2, -0.15) is 21.6 Å². The number of hydrogen-bond donors (Lipinski definition) is 0. The van der Waals surface area contributed by atoms with Gasteiger partial charge in [-0.05, 0) is 0 Å². The monoisotopic (exact) mass is 194 g/mol. The van der Waals surface area contributed by atoms with Crippen molar-refractivity contribution in [2.24, 2.45) is 0 Å². The Kier molecular flexibility index (Phi) is 2.86. The van der Waals surface area contributed by atoms with E-state index in [1.807, 2.05) is 0 Å². The van der Waals surface area contributed by atoms with Gasteiger partial charge < -0.3 is 0 Å². The van der Waals surface area contributed by atoms with Gasteiger partial charge in [0.15, 0.2) is 0 Å². The van der Waals surface area contributed by atoms with Crippen LogP contribution in [0.4, 0.5) is 13.2 Å². The molecule has 10 heavy (non-hydrogen) atoms. The summed E-state index contributed by atoms with van der Waals surface area (Å²) in [5.74, 6) is 0. The average molecular weight is 194 g/mol. The molecule has 62 valence electrons. The van der Waals surface area contributed by atoms with Gasteiger partial charge in [0, 0.05) is 16.5 Å². The van der Waals surface area contributed by atoms with Crippen molar-refractivity contribution in [3.63, 3.8) is 0 Å². The van der Waals surface area contributed by atoms with E-state index in [1.165, 1.54) is 0 Å². The van der Waals surface area contributed by atoms with E-state index in [0.717, 1.165) is 0 Å². The van der Waals surface area contributed by atoms with Crippen LogP contribution in [0.1, 0.15) is 0 Å². The fourth-order valence-electron chi connectivity index (χ4n) is 0.222. The molecule has 0 aliphatic rings. The minimum atomic E-state index is -5.31. The molecule has 8 heteroatoms. The molecule has 0 unspecified atom stereocenters. The molecule has 0 aromatic rings. The molecule has 0 radical (unpaired) electrons. The zero-order valence-electron chi connectivity index (χ0n) is 4.97. The fraction of sp³-hybridized carbons (Fsp3) is 1.00. The molecule has 0 fully saturated rings. The minimum Gasteiger partial charge on any atom is -0.268 e. The van der Waals surface area contributed by atoms with Crippen LogP contribution in [0.3, 0.4) is 0 Å². The lowest BCUT2D eigenvalue weighted by Gasteiger charge is -2.05. The summed E-state index contributed by atoms with van der Waals surface area (Å²) in [4.78, 5) is 0. The van der Waals surface area contributed by atoms with Crippen LogP contribution in [0.5, 0.6) is 0 Å². The minimum absolute atomic E-state index is 0.252. The van der Waals surface area contributed by atoms with Crippen molar-refractivity contribution in [2.45, 2.75) is 5.51 Å². The Morgan fingerprint density at radius 1 is 1.40 bits per heavy atom. The summed E-state index contributed by atoms with van der Waals surface area (Å²) >= 11 is 0. The lowest BCUT2D eigenvalue weighted by molar-refractivity contribution is -0.0531. The van der Waals surface area contributed by atoms with Crippen LogP contribution in [0.2, 0.25) is 0 Å². The fourth-order valence-corrected chi connectivity index (χ4v) is 1.60. The molecule has 3 nitrogen and oxygen atoms in total. The molecule has 0 bridgehead atoms. The molecule has 0 saturated heterocycles. The Labute approximate surface area is 58.7 Å². The van der Waals surface area contributed by atoms with E-state index in [2.05, 4.69) is 4.18 Å². The molecule has 0 heterocycles. The third-order valence-electron chi connectivity index (χ3n) is 0.556. The maximum Gasteiger partial charge on any atom is 0.523 e. The quantitative estimate of drug-likeness (QED) is 0.327. The topological polar surface area (TPSA) is 43.4 Å². The number of alkyl halides is 3. The van der Waals surface area contributed by atoms with Crippen molar-refractivity contribution in [1.82, 2.24) is 0 Å². The smallest absolute Gasteiger partial charge is 0.268 e. The molecule has 0 atom stereocenters. The van der Waals surface area contributed by atoms with Crippen molar-refractivity contribution < 1.29 is 25.8 Å². The second-order valence-electron chi connectivity index (χ2n) is 1.31. The number of halogens is 3. The molecule has 0 N–H and O–H groups in total. The highest BCUT2D eigenvalue weighted by Crippen LogP contribution is 2.23. The molecule has 0 aliphatic carbocycles. The largest absolute Gasteiger partial charge is 0.523 e. The van der Waals surface area contributed by atoms with Crippen molar-refractivity contribution in [1.29, 1.82) is 0 Å². The molecule has 0 rings (SSSR count). The van der Waals surface area contributed by atoms with Crippen LogP contribution in [0.15, 0.2) is 0 Å². The van der Waals surface area contributed by atoms with Crippen molar-refractivity contribution in [3.8, 4) is 0 Å². The van der Waals surface area contributed by atoms with E-state index in [0.29, 0.717) is 0 Å². The molecule has 0 spiro atoms. The Hall–Kier alpha value is -0.0831. The SMILES string of the molecule is O=S(=O)(OC[SiH3])C(F)(F)F. The predicted octanol–water partition coefficient (Wildman–Crippen LogP) is -0.825. The van der Waals surface area contributed by atoms with Crippen LogP contribution < -0.4 is 0 Å². The van der Waals surface area contributed by atoms with Crippen molar-refractivity contribution in [3.05, 3.63) is 0 Å². The maximum absolute atomic E-state index is 11.3. The third kappa shape index (κ3) is 2.27. The van der Waals surface area contributed by atoms with Crippen LogP contribution >= 0.6 is 0 Å². The van der Waals surface area contributed by atoms with Gasteiger partial charge in [0.2, 0.25) is 0 Å². The first-order chi connectivity index (χ1) is 4.31. The average Bonchev–Trinajstić information content (AvgIpc) is 1.61. The zero-order chi connectivity index (χ0) is 8.41. The Balaban J connectivity index is 4.44. The normalized spacial score (nSPS) is 13.9. The second-order valence-corrected chi connectivity index (χ2v) is 3.49. The van der Waals surface area contributed by atoms with Gasteiger partial charge in [-0.15, -0.1) is 0 Å². The molecule has 0 aromatic carbocycles. The third-order valence-corrected chi connectivity index (χ3v) is 2.38. The summed E-state index contributed by atoms with van der Waals surface area (Å²) in [6, 6.07) is 0. The summed E-state index contributed by atoms with van der Waals surface area (Å²) in [7, 11) is -5.06. The standard InChI is InChI=1S/C2H5F3O3SSi/c3-2(4,5)9(6,7)8-1-10/h1H2,10H3. The van der Waals surface area contributed by atoms with E-state index in [4.69, 9.17) is 0 Å². The second kappa shape index (κ2) is 2.89. The van der Waals surface area contributed by atoms with E-state index >= 15 is 0 Å². The zero-order valence-corrected chi connectivity index (χ0v) is 7.79.